The standard InChI is InChI=1S/C28H34N2O5/c1-5-28(4,25(33)30-16-10-15-27(2,3)23(30)24(31)32)29-26(34)35-17-22-20-13-8-6-11-18(20)19-12-7-9-14-21(19)22/h6-9,11-14,22-23H,5,10,15-17H2,1-4H3,(H,29,34)(H,31,32). The number of likely N-dealkylation sites (tertiary alicyclic amines) is 1. The molecule has 2 aromatic rings. The van der Waals surface area contributed by atoms with E-state index in [0.29, 0.717) is 19.4 Å². The number of carboxylic acid groups (broad SMARTS) is 1. The maximum Gasteiger partial charge on any atom is 0.408 e. The molecule has 1 saturated heterocycles. The molecule has 0 bridgehead atoms. The Balaban J connectivity index is 1.48. The molecule has 2 amide bonds. The second-order valence-corrected chi connectivity index (χ2v) is 10.5. The van der Waals surface area contributed by atoms with Gasteiger partial charge in [-0.2, -0.15) is 0 Å². The van der Waals surface area contributed by atoms with Crippen molar-refractivity contribution >= 4 is 18.0 Å². The van der Waals surface area contributed by atoms with Crippen LogP contribution in [-0.4, -0.2) is 52.7 Å². The Morgan fingerprint density at radius 1 is 1.09 bits per heavy atom. The highest BCUT2D eigenvalue weighted by molar-refractivity contribution is 5.93. The fourth-order valence-electron chi connectivity index (χ4n) is 5.55. The third kappa shape index (κ3) is 4.51. The number of rotatable bonds is 6. The predicted octanol–water partition coefficient (Wildman–Crippen LogP) is 4.80. The maximum absolute atomic E-state index is 13.6. The number of nitrogens with zero attached hydrogens (tertiary/aromatic N) is 1. The van der Waals surface area contributed by atoms with Gasteiger partial charge in [0, 0.05) is 12.5 Å². The summed E-state index contributed by atoms with van der Waals surface area (Å²) >= 11 is 0. The number of aliphatic carboxylic acids is 1. The molecule has 0 aromatic heterocycles. The Kier molecular flexibility index (Phi) is 6.62. The second kappa shape index (κ2) is 9.36. The first-order chi connectivity index (χ1) is 16.6. The summed E-state index contributed by atoms with van der Waals surface area (Å²) < 4.78 is 5.65. The number of benzene rings is 2. The van der Waals surface area contributed by atoms with Crippen molar-refractivity contribution in [3.8, 4) is 11.1 Å². The zero-order chi connectivity index (χ0) is 25.4. The number of alkyl carbamates (subject to hydrolysis) is 1. The van der Waals surface area contributed by atoms with E-state index in [1.807, 2.05) is 50.2 Å². The summed E-state index contributed by atoms with van der Waals surface area (Å²) in [5.41, 5.74) is 2.66. The van der Waals surface area contributed by atoms with Crippen LogP contribution < -0.4 is 5.32 Å². The monoisotopic (exact) mass is 478 g/mol. The van der Waals surface area contributed by atoms with Crippen molar-refractivity contribution in [1.82, 2.24) is 10.2 Å². The molecule has 186 valence electrons. The quantitative estimate of drug-likeness (QED) is 0.622. The van der Waals surface area contributed by atoms with Gasteiger partial charge in [-0.25, -0.2) is 9.59 Å². The average Bonchev–Trinajstić information content (AvgIpc) is 3.15. The van der Waals surface area contributed by atoms with Gasteiger partial charge in [0.05, 0.1) is 0 Å². The van der Waals surface area contributed by atoms with Crippen molar-refractivity contribution < 1.29 is 24.2 Å². The molecule has 1 aliphatic heterocycles. The van der Waals surface area contributed by atoms with Crippen molar-refractivity contribution in [2.75, 3.05) is 13.2 Å². The highest BCUT2D eigenvalue weighted by Crippen LogP contribution is 2.44. The molecule has 1 heterocycles. The minimum Gasteiger partial charge on any atom is -0.480 e. The lowest BCUT2D eigenvalue weighted by Gasteiger charge is -2.46. The zero-order valence-corrected chi connectivity index (χ0v) is 20.8. The molecule has 2 atom stereocenters. The Bertz CT molecular complexity index is 1100. The van der Waals surface area contributed by atoms with Gasteiger partial charge in [0.1, 0.15) is 18.2 Å². The van der Waals surface area contributed by atoms with Crippen molar-refractivity contribution in [2.24, 2.45) is 5.41 Å². The molecule has 2 N–H and O–H groups in total. The van der Waals surface area contributed by atoms with Gasteiger partial charge < -0.3 is 20.1 Å². The average molecular weight is 479 g/mol. The number of amides is 2. The number of carbonyl (C=O) groups excluding carboxylic acids is 2. The normalized spacial score (nSPS) is 20.3. The van der Waals surface area contributed by atoms with Crippen LogP contribution in [0.4, 0.5) is 4.79 Å². The van der Waals surface area contributed by atoms with Crippen LogP contribution in [0.15, 0.2) is 48.5 Å². The van der Waals surface area contributed by atoms with Gasteiger partial charge in [-0.15, -0.1) is 0 Å². The van der Waals surface area contributed by atoms with Crippen LogP contribution in [0.1, 0.15) is 64.0 Å². The Morgan fingerprint density at radius 2 is 1.66 bits per heavy atom. The molecule has 7 heteroatoms. The molecule has 1 aliphatic carbocycles. The first-order valence-electron chi connectivity index (χ1n) is 12.3. The highest BCUT2D eigenvalue weighted by Gasteiger charge is 2.49. The molecule has 2 aliphatic rings. The first-order valence-corrected chi connectivity index (χ1v) is 12.3. The Hall–Kier alpha value is -3.35. The fourth-order valence-corrected chi connectivity index (χ4v) is 5.55. The summed E-state index contributed by atoms with van der Waals surface area (Å²) in [5.74, 6) is -1.51. The minimum absolute atomic E-state index is 0.0870. The van der Waals surface area contributed by atoms with Crippen LogP contribution in [-0.2, 0) is 14.3 Å². The largest absolute Gasteiger partial charge is 0.480 e. The van der Waals surface area contributed by atoms with E-state index in [-0.39, 0.29) is 12.5 Å². The topological polar surface area (TPSA) is 95.9 Å². The summed E-state index contributed by atoms with van der Waals surface area (Å²) in [4.78, 5) is 40.0. The first kappa shape index (κ1) is 24.8. The van der Waals surface area contributed by atoms with Crippen LogP contribution >= 0.6 is 0 Å². The lowest BCUT2D eigenvalue weighted by Crippen LogP contribution is -2.64. The second-order valence-electron chi connectivity index (χ2n) is 10.5. The number of nitrogens with one attached hydrogen (secondary N) is 1. The maximum atomic E-state index is 13.6. The molecule has 0 saturated carbocycles. The van der Waals surface area contributed by atoms with Crippen LogP contribution in [0.5, 0.6) is 0 Å². The number of carbonyl (C=O) groups is 3. The Morgan fingerprint density at radius 3 is 2.20 bits per heavy atom. The lowest BCUT2D eigenvalue weighted by molar-refractivity contribution is -0.161. The summed E-state index contributed by atoms with van der Waals surface area (Å²) in [6.07, 6.45) is 1.05. The van der Waals surface area contributed by atoms with E-state index < -0.39 is 35.0 Å². The van der Waals surface area contributed by atoms with Gasteiger partial charge in [-0.3, -0.25) is 4.79 Å². The number of hydrogen-bond acceptors (Lipinski definition) is 4. The molecule has 4 rings (SSSR count). The molecule has 35 heavy (non-hydrogen) atoms. The number of piperidine rings is 1. The third-order valence-electron chi connectivity index (χ3n) is 7.67. The van der Waals surface area contributed by atoms with E-state index in [1.165, 1.54) is 4.90 Å². The Labute approximate surface area is 206 Å². The van der Waals surface area contributed by atoms with Crippen molar-refractivity contribution in [2.45, 2.75) is 64.5 Å². The van der Waals surface area contributed by atoms with Crippen LogP contribution in [0, 0.1) is 5.41 Å². The van der Waals surface area contributed by atoms with Crippen LogP contribution in [0.2, 0.25) is 0 Å². The molecule has 0 radical (unpaired) electrons. The van der Waals surface area contributed by atoms with Gasteiger partial charge in [-0.05, 0) is 53.9 Å². The van der Waals surface area contributed by atoms with Gasteiger partial charge in [0.2, 0.25) is 5.91 Å². The van der Waals surface area contributed by atoms with E-state index in [4.69, 9.17) is 4.74 Å². The molecule has 7 nitrogen and oxygen atoms in total. The summed E-state index contributed by atoms with van der Waals surface area (Å²) in [6, 6.07) is 15.2. The molecular formula is C28H34N2O5. The molecular weight excluding hydrogens is 444 g/mol. The van der Waals surface area contributed by atoms with Crippen molar-refractivity contribution in [3.05, 3.63) is 59.7 Å². The number of fused-ring (bicyclic) bond motifs is 3. The zero-order valence-electron chi connectivity index (χ0n) is 20.8. The predicted molar refractivity (Wildman–Crippen MR) is 133 cm³/mol. The van der Waals surface area contributed by atoms with Crippen LogP contribution in [0.3, 0.4) is 0 Å². The molecule has 2 aromatic carbocycles. The minimum atomic E-state index is -1.27. The highest BCUT2D eigenvalue weighted by atomic mass is 16.5. The van der Waals surface area contributed by atoms with E-state index in [1.54, 1.807) is 13.8 Å². The van der Waals surface area contributed by atoms with Gasteiger partial charge in [0.15, 0.2) is 0 Å². The van der Waals surface area contributed by atoms with Crippen molar-refractivity contribution in [1.29, 1.82) is 0 Å². The van der Waals surface area contributed by atoms with E-state index in [0.717, 1.165) is 28.7 Å². The summed E-state index contributed by atoms with van der Waals surface area (Å²) in [7, 11) is 0. The van der Waals surface area contributed by atoms with Crippen molar-refractivity contribution in [3.63, 3.8) is 0 Å². The van der Waals surface area contributed by atoms with Crippen LogP contribution in [0.25, 0.3) is 11.1 Å². The molecule has 0 spiro atoms. The third-order valence-corrected chi connectivity index (χ3v) is 7.67. The number of ether oxygens (including phenoxy) is 1. The summed E-state index contributed by atoms with van der Waals surface area (Å²) in [6.45, 7) is 7.66. The van der Waals surface area contributed by atoms with E-state index >= 15 is 0 Å². The lowest BCUT2D eigenvalue weighted by atomic mass is 9.75. The van der Waals surface area contributed by atoms with Gasteiger partial charge >= 0.3 is 12.1 Å². The van der Waals surface area contributed by atoms with Gasteiger partial charge in [0.25, 0.3) is 0 Å². The molecule has 2 unspecified atom stereocenters. The molecule has 1 fully saturated rings. The SMILES string of the molecule is CCC(C)(NC(=O)OCC1c2ccccc2-c2ccccc21)C(=O)N1CCCC(C)(C)C1C(=O)O. The van der Waals surface area contributed by atoms with Gasteiger partial charge in [-0.1, -0.05) is 69.3 Å². The number of carboxylic acids is 1. The van der Waals surface area contributed by atoms with E-state index in [9.17, 15) is 19.5 Å². The smallest absolute Gasteiger partial charge is 0.408 e. The van der Waals surface area contributed by atoms with E-state index in [2.05, 4.69) is 17.4 Å². The summed E-state index contributed by atoms with van der Waals surface area (Å²) in [5, 5.41) is 12.6. The number of hydrogen-bond donors (Lipinski definition) is 2. The fraction of sp³-hybridized carbons (Fsp3) is 0.464.